The van der Waals surface area contributed by atoms with Crippen LogP contribution in [0, 0.1) is 6.92 Å². The van der Waals surface area contributed by atoms with Gasteiger partial charge in [0.15, 0.2) is 0 Å². The summed E-state index contributed by atoms with van der Waals surface area (Å²) in [5, 5.41) is 11.8. The average molecular weight is 353 g/mol. The van der Waals surface area contributed by atoms with Gasteiger partial charge in [0.05, 0.1) is 14.4 Å². The first-order chi connectivity index (χ1) is 8.45. The monoisotopic (exact) mass is 352 g/mol. The van der Waals surface area contributed by atoms with Gasteiger partial charge in [-0.05, 0) is 28.9 Å². The molecule has 1 aliphatic rings. The minimum atomic E-state index is -3.43. The Hall–Kier alpha value is -0.440. The van der Waals surface area contributed by atoms with E-state index < -0.39 is 10.0 Å². The van der Waals surface area contributed by atoms with E-state index in [0.717, 1.165) is 8.66 Å². The predicted molar refractivity (Wildman–Crippen MR) is 74.0 cm³/mol. The fourth-order valence-corrected chi connectivity index (χ4v) is 5.74. The molecule has 18 heavy (non-hydrogen) atoms. The summed E-state index contributed by atoms with van der Waals surface area (Å²) >= 11 is 4.72. The molecular formula is C10H13BrN2O3S2. The molecule has 1 aromatic heterocycles. The summed E-state index contributed by atoms with van der Waals surface area (Å²) in [5.41, 5.74) is 0.657. The fraction of sp³-hybridized carbons (Fsp3) is 0.500. The van der Waals surface area contributed by atoms with Crippen LogP contribution in [0.1, 0.15) is 17.7 Å². The van der Waals surface area contributed by atoms with Crippen molar-refractivity contribution in [2.45, 2.75) is 24.7 Å². The standard InChI is InChI=1S/C10H13BrN2O3S2/c1-7-9(6-10(11)17-7)18(15,16)13-4-2-8(12-14)3-5-13/h6,14H,2-5H2,1H3. The van der Waals surface area contributed by atoms with Crippen molar-refractivity contribution >= 4 is 43.0 Å². The topological polar surface area (TPSA) is 70.0 Å². The van der Waals surface area contributed by atoms with E-state index in [2.05, 4.69) is 21.1 Å². The molecule has 5 nitrogen and oxygen atoms in total. The Morgan fingerprint density at radius 2 is 2.06 bits per heavy atom. The second-order valence-corrected chi connectivity index (χ2v) is 8.58. The van der Waals surface area contributed by atoms with E-state index in [9.17, 15) is 8.42 Å². The van der Waals surface area contributed by atoms with Crippen LogP contribution in [0.3, 0.4) is 0 Å². The number of thiophene rings is 1. The third-order valence-corrected chi connectivity index (χ3v) is 6.61. The zero-order chi connectivity index (χ0) is 13.3. The van der Waals surface area contributed by atoms with Crippen molar-refractivity contribution in [1.29, 1.82) is 0 Å². The first-order valence-corrected chi connectivity index (χ1v) is 8.46. The molecule has 100 valence electrons. The summed E-state index contributed by atoms with van der Waals surface area (Å²) in [6.45, 7) is 2.54. The molecular weight excluding hydrogens is 340 g/mol. The van der Waals surface area contributed by atoms with Gasteiger partial charge in [-0.2, -0.15) is 4.31 Å². The number of halogens is 1. The molecule has 0 saturated carbocycles. The smallest absolute Gasteiger partial charge is 0.244 e. The van der Waals surface area contributed by atoms with Gasteiger partial charge < -0.3 is 5.21 Å². The summed E-state index contributed by atoms with van der Waals surface area (Å²) in [6.07, 6.45) is 0.972. The van der Waals surface area contributed by atoms with E-state index >= 15 is 0 Å². The Morgan fingerprint density at radius 3 is 2.50 bits per heavy atom. The molecule has 0 unspecified atom stereocenters. The Balaban J connectivity index is 2.25. The minimum Gasteiger partial charge on any atom is -0.411 e. The highest BCUT2D eigenvalue weighted by molar-refractivity contribution is 9.11. The Kier molecular flexibility index (Phi) is 4.10. The zero-order valence-corrected chi connectivity index (χ0v) is 13.0. The molecule has 1 aliphatic heterocycles. The Bertz CT molecular complexity index is 570. The van der Waals surface area contributed by atoms with E-state index in [1.165, 1.54) is 15.6 Å². The fourth-order valence-electron chi connectivity index (χ4n) is 1.91. The lowest BCUT2D eigenvalue weighted by molar-refractivity contribution is 0.310. The third-order valence-electron chi connectivity index (χ3n) is 2.90. The van der Waals surface area contributed by atoms with Crippen molar-refractivity contribution in [3.8, 4) is 0 Å². The average Bonchev–Trinajstić information content (AvgIpc) is 2.69. The van der Waals surface area contributed by atoms with Crippen molar-refractivity contribution in [2.24, 2.45) is 5.16 Å². The molecule has 2 heterocycles. The molecule has 0 aliphatic carbocycles. The van der Waals surface area contributed by atoms with E-state index in [0.29, 0.717) is 36.5 Å². The lowest BCUT2D eigenvalue weighted by Crippen LogP contribution is -2.38. The molecule has 0 radical (unpaired) electrons. The molecule has 1 saturated heterocycles. The molecule has 0 aromatic carbocycles. The van der Waals surface area contributed by atoms with E-state index in [4.69, 9.17) is 5.21 Å². The highest BCUT2D eigenvalue weighted by Gasteiger charge is 2.30. The molecule has 8 heteroatoms. The van der Waals surface area contributed by atoms with Gasteiger partial charge in [0.2, 0.25) is 10.0 Å². The largest absolute Gasteiger partial charge is 0.411 e. The van der Waals surface area contributed by atoms with Crippen molar-refractivity contribution in [3.63, 3.8) is 0 Å². The number of piperidine rings is 1. The number of oxime groups is 1. The second kappa shape index (κ2) is 5.28. The van der Waals surface area contributed by atoms with Crippen molar-refractivity contribution in [3.05, 3.63) is 14.7 Å². The normalized spacial score (nSPS) is 18.0. The number of hydrogen-bond acceptors (Lipinski definition) is 5. The van der Waals surface area contributed by atoms with Gasteiger partial charge in [-0.25, -0.2) is 8.42 Å². The van der Waals surface area contributed by atoms with Crippen LogP contribution >= 0.6 is 27.3 Å². The molecule has 2 rings (SSSR count). The van der Waals surface area contributed by atoms with E-state index in [-0.39, 0.29) is 0 Å². The first kappa shape index (κ1) is 14.0. The molecule has 1 fully saturated rings. The minimum absolute atomic E-state index is 0.365. The van der Waals surface area contributed by atoms with Crippen molar-refractivity contribution in [2.75, 3.05) is 13.1 Å². The van der Waals surface area contributed by atoms with Crippen LogP contribution in [0.4, 0.5) is 0 Å². The second-order valence-electron chi connectivity index (χ2n) is 4.04. The number of nitrogens with zero attached hydrogens (tertiary/aromatic N) is 2. The lowest BCUT2D eigenvalue weighted by Gasteiger charge is -2.26. The van der Waals surface area contributed by atoms with Gasteiger partial charge in [-0.1, -0.05) is 5.16 Å². The summed E-state index contributed by atoms with van der Waals surface area (Å²) in [4.78, 5) is 1.15. The Labute approximate surface area is 118 Å². The van der Waals surface area contributed by atoms with Crippen LogP contribution < -0.4 is 0 Å². The van der Waals surface area contributed by atoms with E-state index in [1.807, 2.05) is 0 Å². The molecule has 1 aromatic rings. The highest BCUT2D eigenvalue weighted by Crippen LogP contribution is 2.32. The summed E-state index contributed by atoms with van der Waals surface area (Å²) < 4.78 is 27.1. The van der Waals surface area contributed by atoms with Crippen LogP contribution in [0.15, 0.2) is 19.9 Å². The van der Waals surface area contributed by atoms with Gasteiger partial charge in [-0.15, -0.1) is 11.3 Å². The highest BCUT2D eigenvalue weighted by atomic mass is 79.9. The maximum Gasteiger partial charge on any atom is 0.244 e. The number of rotatable bonds is 2. The molecule has 0 bridgehead atoms. The van der Waals surface area contributed by atoms with Crippen molar-refractivity contribution in [1.82, 2.24) is 4.31 Å². The summed E-state index contributed by atoms with van der Waals surface area (Å²) in [6, 6.07) is 1.64. The van der Waals surface area contributed by atoms with Gasteiger partial charge >= 0.3 is 0 Å². The third kappa shape index (κ3) is 2.61. The number of hydrogen-bond donors (Lipinski definition) is 1. The molecule has 0 spiro atoms. The van der Waals surface area contributed by atoms with Crippen LogP contribution in [-0.4, -0.2) is 36.7 Å². The number of aryl methyl sites for hydroxylation is 1. The van der Waals surface area contributed by atoms with Crippen LogP contribution in [-0.2, 0) is 10.0 Å². The quantitative estimate of drug-likeness (QED) is 0.656. The molecule has 0 amide bonds. The summed E-state index contributed by atoms with van der Waals surface area (Å²) in [5.74, 6) is 0. The molecule has 0 atom stereocenters. The maximum absolute atomic E-state index is 12.4. The van der Waals surface area contributed by atoms with Gasteiger partial charge in [0.1, 0.15) is 0 Å². The predicted octanol–water partition coefficient (Wildman–Crippen LogP) is 2.43. The van der Waals surface area contributed by atoms with Gasteiger partial charge in [0, 0.05) is 30.8 Å². The zero-order valence-electron chi connectivity index (χ0n) is 9.76. The van der Waals surface area contributed by atoms with Crippen molar-refractivity contribution < 1.29 is 13.6 Å². The van der Waals surface area contributed by atoms with Gasteiger partial charge in [-0.3, -0.25) is 0 Å². The Morgan fingerprint density at radius 1 is 1.44 bits per heavy atom. The summed E-state index contributed by atoms with van der Waals surface area (Å²) in [7, 11) is -3.43. The van der Waals surface area contributed by atoms with Crippen LogP contribution in [0.25, 0.3) is 0 Å². The maximum atomic E-state index is 12.4. The van der Waals surface area contributed by atoms with Gasteiger partial charge in [0.25, 0.3) is 0 Å². The van der Waals surface area contributed by atoms with Crippen LogP contribution in [0.2, 0.25) is 0 Å². The molecule has 1 N–H and O–H groups in total. The first-order valence-electron chi connectivity index (χ1n) is 5.41. The van der Waals surface area contributed by atoms with E-state index in [1.54, 1.807) is 13.0 Å². The lowest BCUT2D eigenvalue weighted by atomic mass is 10.1. The SMILES string of the molecule is Cc1sc(Br)cc1S(=O)(=O)N1CCC(=NO)CC1. The number of sulfonamides is 1. The van der Waals surface area contributed by atoms with Crippen LogP contribution in [0.5, 0.6) is 0 Å².